The Morgan fingerprint density at radius 2 is 2.19 bits per heavy atom. The smallest absolute Gasteiger partial charge is 0.216 e. The molecule has 1 atom stereocenters. The minimum absolute atomic E-state index is 0.0300. The second-order valence-corrected chi connectivity index (χ2v) is 5.82. The normalized spacial score (nSPS) is 17.6. The van der Waals surface area contributed by atoms with Gasteiger partial charge in [-0.3, -0.25) is 9.78 Å². The number of pyridine rings is 1. The van der Waals surface area contributed by atoms with Gasteiger partial charge in [0.2, 0.25) is 5.91 Å². The lowest BCUT2D eigenvalue weighted by atomic mass is 9.96. The predicted octanol–water partition coefficient (Wildman–Crippen LogP) is 1.84. The SMILES string of the molecule is CC[C@@H](N)c1ccc(N2CCC(CNC(C)=O)CC2)cn1. The molecule has 5 nitrogen and oxygen atoms in total. The highest BCUT2D eigenvalue weighted by molar-refractivity contribution is 5.72. The van der Waals surface area contributed by atoms with Crippen molar-refractivity contribution in [1.82, 2.24) is 10.3 Å². The van der Waals surface area contributed by atoms with Gasteiger partial charge in [0.05, 0.1) is 17.6 Å². The highest BCUT2D eigenvalue weighted by atomic mass is 16.1. The summed E-state index contributed by atoms with van der Waals surface area (Å²) in [4.78, 5) is 17.8. The standard InChI is InChI=1S/C16H26N4O/c1-3-15(17)16-5-4-14(11-19-16)20-8-6-13(7-9-20)10-18-12(2)21/h4-5,11,13,15H,3,6-10,17H2,1-2H3,(H,18,21)/t15-/m1/s1. The van der Waals surface area contributed by atoms with Gasteiger partial charge in [-0.15, -0.1) is 0 Å². The number of carbonyl (C=O) groups is 1. The molecule has 1 aromatic heterocycles. The molecule has 1 fully saturated rings. The zero-order chi connectivity index (χ0) is 15.2. The third-order valence-corrected chi connectivity index (χ3v) is 4.21. The van der Waals surface area contributed by atoms with E-state index >= 15 is 0 Å². The van der Waals surface area contributed by atoms with E-state index in [0.29, 0.717) is 5.92 Å². The first-order valence-electron chi connectivity index (χ1n) is 7.81. The Kier molecular flexibility index (Phi) is 5.56. The summed E-state index contributed by atoms with van der Waals surface area (Å²) in [7, 11) is 0. The zero-order valence-electron chi connectivity index (χ0n) is 13.0. The monoisotopic (exact) mass is 290 g/mol. The van der Waals surface area contributed by atoms with Crippen molar-refractivity contribution in [3.05, 3.63) is 24.0 Å². The number of nitrogens with one attached hydrogen (secondary N) is 1. The van der Waals surface area contributed by atoms with Crippen molar-refractivity contribution < 1.29 is 4.79 Å². The molecule has 3 N–H and O–H groups in total. The fraction of sp³-hybridized carbons (Fsp3) is 0.625. The van der Waals surface area contributed by atoms with E-state index in [4.69, 9.17) is 5.73 Å². The lowest BCUT2D eigenvalue weighted by Crippen LogP contribution is -2.38. The van der Waals surface area contributed by atoms with Crippen molar-refractivity contribution in [3.8, 4) is 0 Å². The molecule has 1 aromatic rings. The van der Waals surface area contributed by atoms with Gasteiger partial charge in [-0.25, -0.2) is 0 Å². The van der Waals surface area contributed by atoms with Crippen LogP contribution in [-0.2, 0) is 4.79 Å². The first-order chi connectivity index (χ1) is 10.1. The van der Waals surface area contributed by atoms with Crippen LogP contribution < -0.4 is 16.0 Å². The van der Waals surface area contributed by atoms with Crippen LogP contribution in [-0.4, -0.2) is 30.5 Å². The van der Waals surface area contributed by atoms with E-state index in [0.717, 1.165) is 44.6 Å². The van der Waals surface area contributed by atoms with Crippen molar-refractivity contribution in [2.75, 3.05) is 24.5 Å². The van der Waals surface area contributed by atoms with Crippen LogP contribution in [0.15, 0.2) is 18.3 Å². The third-order valence-electron chi connectivity index (χ3n) is 4.21. The molecule has 0 radical (unpaired) electrons. The molecule has 5 heteroatoms. The molecule has 0 aliphatic carbocycles. The van der Waals surface area contributed by atoms with E-state index in [2.05, 4.69) is 28.2 Å². The summed E-state index contributed by atoms with van der Waals surface area (Å²) in [5, 5.41) is 2.91. The van der Waals surface area contributed by atoms with Crippen molar-refractivity contribution >= 4 is 11.6 Å². The maximum Gasteiger partial charge on any atom is 0.216 e. The van der Waals surface area contributed by atoms with E-state index < -0.39 is 0 Å². The average molecular weight is 290 g/mol. The van der Waals surface area contributed by atoms with Gasteiger partial charge in [-0.2, -0.15) is 0 Å². The minimum atomic E-state index is 0.0300. The molecular weight excluding hydrogens is 264 g/mol. The summed E-state index contributed by atoms with van der Waals surface area (Å²) in [6.45, 7) is 6.48. The van der Waals surface area contributed by atoms with E-state index in [9.17, 15) is 4.79 Å². The predicted molar refractivity (Wildman–Crippen MR) is 85.1 cm³/mol. The number of nitrogens with zero attached hydrogens (tertiary/aromatic N) is 2. The van der Waals surface area contributed by atoms with Gasteiger partial charge in [0, 0.05) is 32.6 Å². The summed E-state index contributed by atoms with van der Waals surface area (Å²) in [6.07, 6.45) is 5.05. The van der Waals surface area contributed by atoms with Crippen molar-refractivity contribution in [2.24, 2.45) is 11.7 Å². The fourth-order valence-corrected chi connectivity index (χ4v) is 2.70. The molecule has 1 amide bonds. The first-order valence-corrected chi connectivity index (χ1v) is 7.81. The van der Waals surface area contributed by atoms with Gasteiger partial charge in [-0.05, 0) is 37.3 Å². The maximum atomic E-state index is 10.9. The molecule has 0 bridgehead atoms. The third kappa shape index (κ3) is 4.43. The highest BCUT2D eigenvalue weighted by Gasteiger charge is 2.20. The lowest BCUT2D eigenvalue weighted by Gasteiger charge is -2.33. The molecule has 2 rings (SSSR count). The number of hydrogen-bond acceptors (Lipinski definition) is 4. The quantitative estimate of drug-likeness (QED) is 0.868. The summed E-state index contributed by atoms with van der Waals surface area (Å²) in [5.41, 5.74) is 8.11. The number of rotatable bonds is 5. The van der Waals surface area contributed by atoms with Gasteiger partial charge in [0.25, 0.3) is 0 Å². The van der Waals surface area contributed by atoms with Crippen LogP contribution in [0.4, 0.5) is 5.69 Å². The molecule has 0 spiro atoms. The Balaban J connectivity index is 1.86. The molecule has 1 aliphatic rings. The zero-order valence-corrected chi connectivity index (χ0v) is 13.0. The minimum Gasteiger partial charge on any atom is -0.370 e. The van der Waals surface area contributed by atoms with E-state index in [1.54, 1.807) is 6.92 Å². The number of nitrogens with two attached hydrogens (primary N) is 1. The molecular formula is C16H26N4O. The van der Waals surface area contributed by atoms with E-state index in [-0.39, 0.29) is 11.9 Å². The summed E-state index contributed by atoms with van der Waals surface area (Å²) < 4.78 is 0. The Labute approximate surface area is 126 Å². The second-order valence-electron chi connectivity index (χ2n) is 5.82. The number of aromatic nitrogens is 1. The van der Waals surface area contributed by atoms with Crippen LogP contribution in [0.1, 0.15) is 44.8 Å². The summed E-state index contributed by atoms with van der Waals surface area (Å²) in [5.74, 6) is 0.648. The number of hydrogen-bond donors (Lipinski definition) is 2. The number of amides is 1. The Hall–Kier alpha value is -1.62. The Morgan fingerprint density at radius 1 is 1.48 bits per heavy atom. The number of piperidine rings is 1. The van der Waals surface area contributed by atoms with Crippen LogP contribution in [0, 0.1) is 5.92 Å². The first kappa shape index (κ1) is 15.8. The fourth-order valence-electron chi connectivity index (χ4n) is 2.70. The van der Waals surface area contributed by atoms with Gasteiger partial charge >= 0.3 is 0 Å². The van der Waals surface area contributed by atoms with Crippen LogP contribution >= 0.6 is 0 Å². The largest absolute Gasteiger partial charge is 0.370 e. The molecule has 21 heavy (non-hydrogen) atoms. The highest BCUT2D eigenvalue weighted by Crippen LogP contribution is 2.23. The van der Waals surface area contributed by atoms with Gasteiger partial charge in [0.1, 0.15) is 0 Å². The molecule has 2 heterocycles. The molecule has 116 valence electrons. The molecule has 0 unspecified atom stereocenters. The van der Waals surface area contributed by atoms with Gasteiger partial charge in [0.15, 0.2) is 0 Å². The van der Waals surface area contributed by atoms with Crippen LogP contribution in [0.5, 0.6) is 0 Å². The molecule has 1 saturated heterocycles. The Bertz CT molecular complexity index is 452. The maximum absolute atomic E-state index is 10.9. The van der Waals surface area contributed by atoms with Crippen LogP contribution in [0.2, 0.25) is 0 Å². The van der Waals surface area contributed by atoms with Crippen LogP contribution in [0.25, 0.3) is 0 Å². The second kappa shape index (κ2) is 7.41. The summed E-state index contributed by atoms with van der Waals surface area (Å²) >= 11 is 0. The van der Waals surface area contributed by atoms with Gasteiger partial charge < -0.3 is 16.0 Å². The Morgan fingerprint density at radius 3 is 2.71 bits per heavy atom. The average Bonchev–Trinajstić information content (AvgIpc) is 2.53. The van der Waals surface area contributed by atoms with Crippen LogP contribution in [0.3, 0.4) is 0 Å². The molecule has 0 aromatic carbocycles. The topological polar surface area (TPSA) is 71.2 Å². The molecule has 0 saturated carbocycles. The molecule has 1 aliphatic heterocycles. The summed E-state index contributed by atoms with van der Waals surface area (Å²) in [6, 6.07) is 4.18. The van der Waals surface area contributed by atoms with Gasteiger partial charge in [-0.1, -0.05) is 6.92 Å². The van der Waals surface area contributed by atoms with E-state index in [1.165, 1.54) is 5.69 Å². The lowest BCUT2D eigenvalue weighted by molar-refractivity contribution is -0.119. The number of carbonyl (C=O) groups excluding carboxylic acids is 1. The van der Waals surface area contributed by atoms with Crippen molar-refractivity contribution in [2.45, 2.75) is 39.2 Å². The van der Waals surface area contributed by atoms with E-state index in [1.807, 2.05) is 12.3 Å². The van der Waals surface area contributed by atoms with Crippen molar-refractivity contribution in [1.29, 1.82) is 0 Å². The number of anilines is 1. The van der Waals surface area contributed by atoms with Crippen molar-refractivity contribution in [3.63, 3.8) is 0 Å².